The van der Waals surface area contributed by atoms with Crippen LogP contribution in [0.4, 0.5) is 4.39 Å². The van der Waals surface area contributed by atoms with E-state index in [1.54, 1.807) is 24.4 Å². The molecule has 0 unspecified atom stereocenters. The highest BCUT2D eigenvalue weighted by Gasteiger charge is 2.20. The molecule has 0 radical (unpaired) electrons. The van der Waals surface area contributed by atoms with E-state index >= 15 is 0 Å². The third-order valence-corrected chi connectivity index (χ3v) is 3.55. The molecule has 104 valence electrons. The summed E-state index contributed by atoms with van der Waals surface area (Å²) in [6.07, 6.45) is 4.15. The Morgan fingerprint density at radius 3 is 2.95 bits per heavy atom. The van der Waals surface area contributed by atoms with E-state index in [-0.39, 0.29) is 11.6 Å². The van der Waals surface area contributed by atoms with E-state index in [0.29, 0.717) is 18.3 Å². The number of hydrogen-bond acceptors (Lipinski definition) is 3. The molecule has 1 saturated carbocycles. The Bertz CT molecular complexity index is 617. The molecule has 1 aliphatic rings. The number of benzene rings is 1. The van der Waals surface area contributed by atoms with Gasteiger partial charge in [-0.15, -0.1) is 0 Å². The third kappa shape index (κ3) is 3.55. The summed E-state index contributed by atoms with van der Waals surface area (Å²) in [5, 5.41) is 3.38. The highest BCUT2D eigenvalue weighted by atomic mass is 79.9. The van der Waals surface area contributed by atoms with Crippen molar-refractivity contribution in [1.82, 2.24) is 10.3 Å². The van der Waals surface area contributed by atoms with Crippen molar-refractivity contribution in [2.45, 2.75) is 25.4 Å². The summed E-state index contributed by atoms with van der Waals surface area (Å²) in [5.41, 5.74) is 0.893. The van der Waals surface area contributed by atoms with Crippen LogP contribution in [0.25, 0.3) is 0 Å². The van der Waals surface area contributed by atoms with Crippen LogP contribution < -0.4 is 10.1 Å². The van der Waals surface area contributed by atoms with Crippen molar-refractivity contribution in [2.24, 2.45) is 0 Å². The zero-order valence-electron chi connectivity index (χ0n) is 10.8. The largest absolute Gasteiger partial charge is 0.454 e. The van der Waals surface area contributed by atoms with E-state index in [4.69, 9.17) is 4.74 Å². The van der Waals surface area contributed by atoms with Crippen LogP contribution in [0.15, 0.2) is 41.0 Å². The van der Waals surface area contributed by atoms with Gasteiger partial charge in [0.05, 0.1) is 5.69 Å². The van der Waals surface area contributed by atoms with Gasteiger partial charge < -0.3 is 10.1 Å². The highest BCUT2D eigenvalue weighted by Crippen LogP contribution is 2.27. The van der Waals surface area contributed by atoms with Crippen molar-refractivity contribution in [3.05, 3.63) is 52.5 Å². The first kappa shape index (κ1) is 13.5. The van der Waals surface area contributed by atoms with E-state index < -0.39 is 0 Å². The summed E-state index contributed by atoms with van der Waals surface area (Å²) in [6, 6.07) is 8.80. The number of hydrogen-bond donors (Lipinski definition) is 1. The number of pyridine rings is 1. The Hall–Kier alpha value is -1.46. The van der Waals surface area contributed by atoms with Gasteiger partial charge in [-0.2, -0.15) is 0 Å². The Labute approximate surface area is 125 Å². The van der Waals surface area contributed by atoms with Crippen LogP contribution in [-0.2, 0) is 6.54 Å². The quantitative estimate of drug-likeness (QED) is 0.895. The normalized spacial score (nSPS) is 14.3. The molecule has 0 amide bonds. The maximum Gasteiger partial charge on any atom is 0.165 e. The van der Waals surface area contributed by atoms with Crippen molar-refractivity contribution < 1.29 is 9.13 Å². The van der Waals surface area contributed by atoms with Gasteiger partial charge in [0.1, 0.15) is 5.75 Å². The highest BCUT2D eigenvalue weighted by molar-refractivity contribution is 9.10. The molecule has 5 heteroatoms. The third-order valence-electron chi connectivity index (χ3n) is 3.06. The van der Waals surface area contributed by atoms with Crippen LogP contribution in [0.2, 0.25) is 0 Å². The number of rotatable bonds is 5. The van der Waals surface area contributed by atoms with E-state index in [0.717, 1.165) is 10.2 Å². The lowest BCUT2D eigenvalue weighted by atomic mass is 10.3. The van der Waals surface area contributed by atoms with Gasteiger partial charge >= 0.3 is 0 Å². The smallest absolute Gasteiger partial charge is 0.165 e. The summed E-state index contributed by atoms with van der Waals surface area (Å²) < 4.78 is 20.0. The van der Waals surface area contributed by atoms with Crippen LogP contribution in [0.5, 0.6) is 11.5 Å². The molecule has 0 saturated heterocycles. The molecule has 1 aliphatic carbocycles. The van der Waals surface area contributed by atoms with Crippen LogP contribution in [-0.4, -0.2) is 11.0 Å². The molecule has 0 bridgehead atoms. The molecule has 1 N–H and O–H groups in total. The SMILES string of the molecule is Fc1ccc(Br)cc1Oc1ccnc(CNC2CC2)c1. The van der Waals surface area contributed by atoms with Gasteiger partial charge in [-0.3, -0.25) is 4.98 Å². The second-order valence-electron chi connectivity index (χ2n) is 4.81. The number of aromatic nitrogens is 1. The van der Waals surface area contributed by atoms with Gasteiger partial charge in [0, 0.05) is 29.3 Å². The maximum atomic E-state index is 13.6. The van der Waals surface area contributed by atoms with Crippen LogP contribution in [0.3, 0.4) is 0 Å². The van der Waals surface area contributed by atoms with Gasteiger partial charge in [0.15, 0.2) is 11.6 Å². The zero-order chi connectivity index (χ0) is 13.9. The van der Waals surface area contributed by atoms with Gasteiger partial charge in [0.2, 0.25) is 0 Å². The molecule has 1 fully saturated rings. The molecule has 0 spiro atoms. The molecule has 1 heterocycles. The Morgan fingerprint density at radius 1 is 1.30 bits per heavy atom. The van der Waals surface area contributed by atoms with Crippen molar-refractivity contribution in [2.75, 3.05) is 0 Å². The first-order valence-electron chi connectivity index (χ1n) is 6.52. The molecule has 3 rings (SSSR count). The molecule has 20 heavy (non-hydrogen) atoms. The predicted octanol–water partition coefficient (Wildman–Crippen LogP) is 4.03. The molecular formula is C15H14BrFN2O. The van der Waals surface area contributed by atoms with Crippen LogP contribution >= 0.6 is 15.9 Å². The van der Waals surface area contributed by atoms with E-state index in [9.17, 15) is 4.39 Å². The lowest BCUT2D eigenvalue weighted by Crippen LogP contribution is -2.16. The average molecular weight is 337 g/mol. The lowest BCUT2D eigenvalue weighted by Gasteiger charge is -2.09. The molecule has 1 aromatic heterocycles. The number of halogens is 2. The minimum absolute atomic E-state index is 0.201. The van der Waals surface area contributed by atoms with Crippen LogP contribution in [0.1, 0.15) is 18.5 Å². The maximum absolute atomic E-state index is 13.6. The number of nitrogens with one attached hydrogen (secondary N) is 1. The van der Waals surface area contributed by atoms with E-state index in [2.05, 4.69) is 26.2 Å². The summed E-state index contributed by atoms with van der Waals surface area (Å²) in [4.78, 5) is 4.28. The summed E-state index contributed by atoms with van der Waals surface area (Å²) in [7, 11) is 0. The summed E-state index contributed by atoms with van der Waals surface area (Å²) in [6.45, 7) is 0.711. The van der Waals surface area contributed by atoms with Crippen molar-refractivity contribution in [1.29, 1.82) is 0 Å². The summed E-state index contributed by atoms with van der Waals surface area (Å²) >= 11 is 3.30. The zero-order valence-corrected chi connectivity index (χ0v) is 12.4. The van der Waals surface area contributed by atoms with Gasteiger partial charge in [-0.1, -0.05) is 15.9 Å². The molecule has 2 aromatic rings. The predicted molar refractivity (Wildman–Crippen MR) is 78.3 cm³/mol. The van der Waals surface area contributed by atoms with Gasteiger partial charge in [-0.05, 0) is 37.1 Å². The topological polar surface area (TPSA) is 34.1 Å². The second kappa shape index (κ2) is 5.89. The molecule has 3 nitrogen and oxygen atoms in total. The second-order valence-corrected chi connectivity index (χ2v) is 5.73. The molecule has 0 atom stereocenters. The van der Waals surface area contributed by atoms with Crippen LogP contribution in [0, 0.1) is 5.82 Å². The fraction of sp³-hybridized carbons (Fsp3) is 0.267. The minimum Gasteiger partial charge on any atom is -0.454 e. The Kier molecular flexibility index (Phi) is 3.98. The minimum atomic E-state index is -0.386. The summed E-state index contributed by atoms with van der Waals surface area (Å²) in [5.74, 6) is 0.402. The van der Waals surface area contributed by atoms with Crippen molar-refractivity contribution in [3.8, 4) is 11.5 Å². The molecule has 1 aromatic carbocycles. The van der Waals surface area contributed by atoms with Crippen molar-refractivity contribution >= 4 is 15.9 Å². The Morgan fingerprint density at radius 2 is 2.15 bits per heavy atom. The van der Waals surface area contributed by atoms with Crippen molar-refractivity contribution in [3.63, 3.8) is 0 Å². The van der Waals surface area contributed by atoms with Gasteiger partial charge in [0.25, 0.3) is 0 Å². The van der Waals surface area contributed by atoms with Gasteiger partial charge in [-0.25, -0.2) is 4.39 Å². The lowest BCUT2D eigenvalue weighted by molar-refractivity contribution is 0.440. The first-order chi connectivity index (χ1) is 9.70. The number of nitrogens with zero attached hydrogens (tertiary/aromatic N) is 1. The van der Waals surface area contributed by atoms with E-state index in [1.165, 1.54) is 18.9 Å². The monoisotopic (exact) mass is 336 g/mol. The standard InChI is InChI=1S/C15H14BrFN2O/c16-10-1-4-14(17)15(7-10)20-13-5-6-18-12(8-13)9-19-11-2-3-11/h1,4-8,11,19H,2-3,9H2. The average Bonchev–Trinajstić information content (AvgIpc) is 3.25. The Balaban J connectivity index is 1.72. The molecule has 0 aliphatic heterocycles. The number of ether oxygens (including phenoxy) is 1. The fourth-order valence-electron chi connectivity index (χ4n) is 1.83. The first-order valence-corrected chi connectivity index (χ1v) is 7.31. The fourth-order valence-corrected chi connectivity index (χ4v) is 2.18. The van der Waals surface area contributed by atoms with E-state index in [1.807, 2.05) is 6.07 Å². The molecular weight excluding hydrogens is 323 g/mol.